The van der Waals surface area contributed by atoms with Crippen molar-refractivity contribution in [3.05, 3.63) is 52.1 Å². The molecule has 0 saturated heterocycles. The van der Waals surface area contributed by atoms with Crippen LogP contribution in [0.5, 0.6) is 11.6 Å². The summed E-state index contributed by atoms with van der Waals surface area (Å²) in [4.78, 5) is 14.7. The number of pyridine rings is 1. The molecule has 0 spiro atoms. The molecule has 0 aliphatic heterocycles. The zero-order valence-electron chi connectivity index (χ0n) is 10.2. The fourth-order valence-electron chi connectivity index (χ4n) is 1.51. The maximum absolute atomic E-state index is 12.6. The predicted octanol–water partition coefficient (Wildman–Crippen LogP) is 4.35. The number of rotatable bonds is 3. The number of nitrogens with zero attached hydrogens (tertiary/aromatic N) is 1. The number of hydrogen-bond acceptors (Lipinski definition) is 3. The highest BCUT2D eigenvalue weighted by Gasteiger charge is 2.31. The van der Waals surface area contributed by atoms with E-state index in [0.29, 0.717) is 10.5 Å². The van der Waals surface area contributed by atoms with E-state index in [0.717, 1.165) is 12.3 Å². The average Bonchev–Trinajstić information content (AvgIpc) is 2.37. The number of benzene rings is 1. The first kappa shape index (κ1) is 15.3. The van der Waals surface area contributed by atoms with Gasteiger partial charge in [-0.15, -0.1) is 0 Å². The molecule has 1 aromatic heterocycles. The first-order chi connectivity index (χ1) is 9.77. The van der Waals surface area contributed by atoms with Gasteiger partial charge in [-0.25, -0.2) is 9.78 Å². The summed E-state index contributed by atoms with van der Waals surface area (Å²) in [5, 5.41) is 9.02. The van der Waals surface area contributed by atoms with Crippen molar-refractivity contribution < 1.29 is 27.8 Å². The van der Waals surface area contributed by atoms with Crippen LogP contribution in [0.25, 0.3) is 0 Å². The molecule has 2 aromatic rings. The van der Waals surface area contributed by atoms with Crippen LogP contribution in [-0.2, 0) is 6.18 Å². The summed E-state index contributed by atoms with van der Waals surface area (Å²) in [6, 6.07) is 5.59. The van der Waals surface area contributed by atoms with E-state index in [4.69, 9.17) is 9.84 Å². The monoisotopic (exact) mass is 361 g/mol. The lowest BCUT2D eigenvalue weighted by molar-refractivity contribution is -0.137. The third kappa shape index (κ3) is 3.72. The highest BCUT2D eigenvalue weighted by molar-refractivity contribution is 9.10. The molecule has 0 aliphatic carbocycles. The molecule has 0 atom stereocenters. The number of carboxylic acid groups (broad SMARTS) is 1. The first-order valence-corrected chi connectivity index (χ1v) is 6.30. The van der Waals surface area contributed by atoms with Crippen molar-refractivity contribution in [1.82, 2.24) is 4.98 Å². The van der Waals surface area contributed by atoms with E-state index in [1.165, 1.54) is 18.2 Å². The lowest BCUT2D eigenvalue weighted by atomic mass is 10.2. The van der Waals surface area contributed by atoms with Crippen LogP contribution in [0.4, 0.5) is 13.2 Å². The quantitative estimate of drug-likeness (QED) is 0.882. The molecule has 8 heteroatoms. The molecular weight excluding hydrogens is 355 g/mol. The van der Waals surface area contributed by atoms with Crippen molar-refractivity contribution in [2.24, 2.45) is 0 Å². The van der Waals surface area contributed by atoms with Gasteiger partial charge in [0.1, 0.15) is 11.3 Å². The van der Waals surface area contributed by atoms with Crippen LogP contribution < -0.4 is 4.74 Å². The number of carbonyl (C=O) groups is 1. The maximum Gasteiger partial charge on any atom is 0.416 e. The number of halogens is 4. The maximum atomic E-state index is 12.6. The Morgan fingerprint density at radius 3 is 2.57 bits per heavy atom. The van der Waals surface area contributed by atoms with Crippen molar-refractivity contribution >= 4 is 21.9 Å². The van der Waals surface area contributed by atoms with Crippen LogP contribution in [0.3, 0.4) is 0 Å². The second-order valence-electron chi connectivity index (χ2n) is 3.93. The molecule has 0 unspecified atom stereocenters. The predicted molar refractivity (Wildman–Crippen MR) is 70.4 cm³/mol. The highest BCUT2D eigenvalue weighted by Crippen LogP contribution is 2.33. The average molecular weight is 362 g/mol. The molecule has 0 amide bonds. The van der Waals surface area contributed by atoms with Gasteiger partial charge in [-0.3, -0.25) is 0 Å². The van der Waals surface area contributed by atoms with Gasteiger partial charge < -0.3 is 9.84 Å². The molecule has 1 heterocycles. The minimum Gasteiger partial charge on any atom is -0.478 e. The van der Waals surface area contributed by atoms with Crippen molar-refractivity contribution in [3.63, 3.8) is 0 Å². The Morgan fingerprint density at radius 2 is 1.95 bits per heavy atom. The van der Waals surface area contributed by atoms with Crippen LogP contribution in [-0.4, -0.2) is 16.1 Å². The van der Waals surface area contributed by atoms with Crippen molar-refractivity contribution in [2.75, 3.05) is 0 Å². The van der Waals surface area contributed by atoms with Crippen LogP contribution in [0.2, 0.25) is 0 Å². The number of aromatic nitrogens is 1. The summed E-state index contributed by atoms with van der Waals surface area (Å²) in [6.07, 6.45) is -3.59. The second kappa shape index (κ2) is 5.72. The zero-order valence-corrected chi connectivity index (χ0v) is 11.8. The summed E-state index contributed by atoms with van der Waals surface area (Å²) in [5.41, 5.74) is -1.11. The molecule has 1 N–H and O–H groups in total. The van der Waals surface area contributed by atoms with Crippen LogP contribution in [0, 0.1) is 0 Å². The third-order valence-electron chi connectivity index (χ3n) is 2.45. The van der Waals surface area contributed by atoms with Gasteiger partial charge >= 0.3 is 12.1 Å². The molecule has 4 nitrogen and oxygen atoms in total. The van der Waals surface area contributed by atoms with Gasteiger partial charge in [-0.05, 0) is 24.3 Å². The standard InChI is InChI=1S/C13H7BrF3NO3/c14-8-1-2-9(12(19)20)10(6-8)21-11-5-7(3-4-18-11)13(15,16)17/h1-6H,(H,19,20). The van der Waals surface area contributed by atoms with Crippen molar-refractivity contribution in [2.45, 2.75) is 6.18 Å². The Balaban J connectivity index is 2.39. The van der Waals surface area contributed by atoms with Gasteiger partial charge in [0, 0.05) is 16.7 Å². The third-order valence-corrected chi connectivity index (χ3v) is 2.94. The van der Waals surface area contributed by atoms with E-state index in [2.05, 4.69) is 20.9 Å². The van der Waals surface area contributed by atoms with E-state index in [1.54, 1.807) is 0 Å². The SMILES string of the molecule is O=C(O)c1ccc(Br)cc1Oc1cc(C(F)(F)F)ccn1. The van der Waals surface area contributed by atoms with Gasteiger partial charge in [-0.2, -0.15) is 13.2 Å². The number of ether oxygens (including phenoxy) is 1. The highest BCUT2D eigenvalue weighted by atomic mass is 79.9. The second-order valence-corrected chi connectivity index (χ2v) is 4.84. The molecule has 2 rings (SSSR count). The number of aromatic carboxylic acids is 1. The Labute approximate surface area is 125 Å². The molecule has 1 aromatic carbocycles. The summed E-state index contributed by atoms with van der Waals surface area (Å²) in [5.74, 6) is -1.71. The Bertz CT molecular complexity index is 689. The zero-order chi connectivity index (χ0) is 15.6. The first-order valence-electron chi connectivity index (χ1n) is 5.51. The Hall–Kier alpha value is -2.09. The van der Waals surface area contributed by atoms with Gasteiger partial charge in [0.2, 0.25) is 5.88 Å². The fourth-order valence-corrected chi connectivity index (χ4v) is 1.85. The van der Waals surface area contributed by atoms with Crippen LogP contribution >= 0.6 is 15.9 Å². The molecular formula is C13H7BrF3NO3. The van der Waals surface area contributed by atoms with Crippen LogP contribution in [0.15, 0.2) is 41.0 Å². The minimum absolute atomic E-state index is 0.108. The molecule has 0 fully saturated rings. The summed E-state index contributed by atoms with van der Waals surface area (Å²) in [6.45, 7) is 0. The largest absolute Gasteiger partial charge is 0.478 e. The number of alkyl halides is 3. The van der Waals surface area contributed by atoms with E-state index in [-0.39, 0.29) is 17.2 Å². The Morgan fingerprint density at radius 1 is 1.24 bits per heavy atom. The van der Waals surface area contributed by atoms with Crippen molar-refractivity contribution in [3.8, 4) is 11.6 Å². The molecule has 0 aliphatic rings. The normalized spacial score (nSPS) is 11.2. The molecule has 110 valence electrons. The molecule has 21 heavy (non-hydrogen) atoms. The molecule has 0 bridgehead atoms. The summed E-state index contributed by atoms with van der Waals surface area (Å²) >= 11 is 3.13. The van der Waals surface area contributed by atoms with Gasteiger partial charge in [0.15, 0.2) is 0 Å². The van der Waals surface area contributed by atoms with E-state index in [9.17, 15) is 18.0 Å². The fraction of sp³-hybridized carbons (Fsp3) is 0.0769. The van der Waals surface area contributed by atoms with E-state index in [1.807, 2.05) is 0 Å². The van der Waals surface area contributed by atoms with Gasteiger partial charge in [0.25, 0.3) is 0 Å². The lowest BCUT2D eigenvalue weighted by Crippen LogP contribution is -2.06. The summed E-state index contributed by atoms with van der Waals surface area (Å²) < 4.78 is 43.5. The van der Waals surface area contributed by atoms with Gasteiger partial charge in [-0.1, -0.05) is 15.9 Å². The smallest absolute Gasteiger partial charge is 0.416 e. The van der Waals surface area contributed by atoms with Crippen molar-refractivity contribution in [1.29, 1.82) is 0 Å². The van der Waals surface area contributed by atoms with E-state index >= 15 is 0 Å². The molecule has 0 radical (unpaired) electrons. The minimum atomic E-state index is -4.53. The number of carboxylic acids is 1. The number of hydrogen-bond donors (Lipinski definition) is 1. The van der Waals surface area contributed by atoms with Crippen LogP contribution in [0.1, 0.15) is 15.9 Å². The topological polar surface area (TPSA) is 59.4 Å². The Kier molecular flexibility index (Phi) is 4.17. The van der Waals surface area contributed by atoms with Gasteiger partial charge in [0.05, 0.1) is 5.56 Å². The van der Waals surface area contributed by atoms with E-state index < -0.39 is 17.7 Å². The molecule has 0 saturated carbocycles. The summed E-state index contributed by atoms with van der Waals surface area (Å²) in [7, 11) is 0. The lowest BCUT2D eigenvalue weighted by Gasteiger charge is -2.10.